The Kier molecular flexibility index (Phi) is 76.1. The molecule has 2 nitrogen and oxygen atoms in total. The topological polar surface area (TPSA) is 25.3 Å². The molecule has 0 saturated heterocycles. The number of allylic oxidation sites excluding steroid dienone is 2. The van der Waals surface area contributed by atoms with Crippen LogP contribution in [-0.2, 0) is 53.0 Å². The molecule has 0 N–H and O–H groups in total. The fourth-order valence-electron chi connectivity index (χ4n) is 17.8. The van der Waals surface area contributed by atoms with Crippen LogP contribution in [-0.4, -0.2) is 4.70 Å². The summed E-state index contributed by atoms with van der Waals surface area (Å²) in [5.41, 5.74) is 29.5. The van der Waals surface area contributed by atoms with E-state index in [0.29, 0.717) is 0 Å². The van der Waals surface area contributed by atoms with Crippen molar-refractivity contribution in [1.82, 2.24) is 0 Å². The number of benzene rings is 2. The van der Waals surface area contributed by atoms with Gasteiger partial charge >= 0.3 is 166 Å². The van der Waals surface area contributed by atoms with Crippen molar-refractivity contribution in [1.29, 1.82) is 0 Å². The Bertz CT molecular complexity index is 2200. The minimum absolute atomic E-state index is 1.03. The molecule has 3 heteroatoms. The van der Waals surface area contributed by atoms with Gasteiger partial charge in [0.1, 0.15) is 0 Å². The molecule has 0 saturated carbocycles. The molecule has 650 valence electrons. The summed E-state index contributed by atoms with van der Waals surface area (Å²) in [6, 6.07) is 10.0. The number of hydrogen-bond acceptors (Lipinski definition) is 0. The number of aryl methyl sites for hydroxylation is 4. The molecule has 0 atom stereocenters. The number of rotatable bonds is 84. The molecule has 1 aliphatic rings. The summed E-state index contributed by atoms with van der Waals surface area (Å²) in [4.78, 5) is 0. The molecule has 0 aromatic heterocycles. The Morgan fingerprint density at radius 3 is 0.523 bits per heavy atom. The van der Waals surface area contributed by atoms with Crippen molar-refractivity contribution in [3.05, 3.63) is 85.5 Å². The van der Waals surface area contributed by atoms with Crippen LogP contribution in [0.25, 0.3) is 16.9 Å². The number of nitrogens with zero attached hydrogens (tertiary/aromatic N) is 2. The average Bonchev–Trinajstić information content (AvgIpc) is 1.60. The van der Waals surface area contributed by atoms with Gasteiger partial charge < -0.3 is 5.53 Å². The van der Waals surface area contributed by atoms with Crippen molar-refractivity contribution in [2.45, 2.75) is 594 Å². The Balaban J connectivity index is 0.000000766. The van der Waals surface area contributed by atoms with Crippen molar-refractivity contribution in [3.8, 4) is 0 Å². The van der Waals surface area contributed by atoms with E-state index in [-0.39, 0.29) is 0 Å². The first kappa shape index (κ1) is 105. The average molecular weight is 1580 g/mol. The summed E-state index contributed by atoms with van der Waals surface area (Å²) in [7, 11) is 0. The quantitative estimate of drug-likeness (QED) is 0.0358. The monoisotopic (exact) mass is 1580 g/mol. The second-order valence-electron chi connectivity index (χ2n) is 35.9. The fraction of sp³-hybridized carbons (Fsp3) is 0.852. The van der Waals surface area contributed by atoms with Crippen LogP contribution in [0.1, 0.15) is 589 Å². The van der Waals surface area contributed by atoms with Gasteiger partial charge in [-0.2, -0.15) is 0 Å². The first-order valence-corrected chi connectivity index (χ1v) is 53.0. The van der Waals surface area contributed by atoms with Gasteiger partial charge in [0.2, 0.25) is 11.4 Å². The molecule has 1 aliphatic heterocycles. The number of unbranched alkanes of at least 4 members (excludes halogenated alkanes) is 62. The molecular weight excluding hydrogens is 1380 g/mol. The maximum absolute atomic E-state index is 12.7. The van der Waals surface area contributed by atoms with Gasteiger partial charge in [0, 0.05) is 22.3 Å². The molecule has 0 fully saturated rings. The second kappa shape index (κ2) is 80.4. The summed E-state index contributed by atoms with van der Waals surface area (Å²) in [5, 5.41) is 2.87. The van der Waals surface area contributed by atoms with E-state index in [1.165, 1.54) is 505 Å². The van der Waals surface area contributed by atoms with Crippen molar-refractivity contribution in [3.63, 3.8) is 0 Å². The normalized spacial score (nSPS) is 12.5. The third kappa shape index (κ3) is 55.4. The van der Waals surface area contributed by atoms with Crippen LogP contribution in [0.4, 0.5) is 0 Å². The van der Waals surface area contributed by atoms with Crippen molar-refractivity contribution in [2.24, 2.45) is 0 Å². The molecule has 1 heterocycles. The van der Waals surface area contributed by atoms with Gasteiger partial charge in [0.15, 0.2) is 0 Å². The van der Waals surface area contributed by atoms with Gasteiger partial charge in [0.25, 0.3) is 0 Å². The molecule has 0 spiro atoms. The maximum atomic E-state index is 12.7. The predicted molar refractivity (Wildman–Crippen MR) is 501 cm³/mol. The zero-order chi connectivity index (χ0) is 80.0. The molecule has 111 heavy (non-hydrogen) atoms. The molecule has 0 amide bonds. The van der Waals surface area contributed by atoms with Crippen LogP contribution in [0.5, 0.6) is 0 Å². The molecule has 2 aromatic carbocycles. The number of hydrogen-bond donors (Lipinski definition) is 0. The van der Waals surface area contributed by atoms with Gasteiger partial charge in [0.05, 0.1) is 0 Å². The zero-order valence-corrected chi connectivity index (χ0v) is 78.5. The van der Waals surface area contributed by atoms with Crippen LogP contribution >= 0.6 is 0 Å². The Hall–Kier alpha value is -1.99. The standard InChI is InChI=1S/C48H76N2.2C30H61.Ni/c1-9-17-25-37-33-41(34-38(26-18-10-2)43(37)29-21-13-5)47-45(31-23-15-7)46(32-24-16-8)48(50(47)49)42-35-39(27-19-11-3)44(30-22-14-6)40(36-42)28-20-12-4;2*1-3-5-7-9-11-13-15-17-19-21-23-25-27-29-30-28-26-24-22-20-18-16-14-12-10-8-6-4-2;/h33-36H,9-32H2,1-8H3;2*1,3-30H2,2H3;. The summed E-state index contributed by atoms with van der Waals surface area (Å²) in [6.07, 6.45) is 111. The van der Waals surface area contributed by atoms with Crippen molar-refractivity contribution < 1.29 is 19.1 Å². The molecule has 0 bridgehead atoms. The Morgan fingerprint density at radius 2 is 0.342 bits per heavy atom. The second-order valence-corrected chi connectivity index (χ2v) is 37.4. The Labute approximate surface area is 705 Å². The van der Waals surface area contributed by atoms with E-state index < -0.39 is 0 Å². The molecule has 0 radical (unpaired) electrons. The minimum Gasteiger partial charge on any atom is -0.0654 e. The van der Waals surface area contributed by atoms with E-state index in [1.807, 2.05) is 0 Å². The van der Waals surface area contributed by atoms with Crippen molar-refractivity contribution >= 4 is 11.4 Å². The predicted octanol–water partition coefficient (Wildman–Crippen LogP) is 39.1. The molecule has 0 unspecified atom stereocenters. The molecule has 0 aliphatic carbocycles. The van der Waals surface area contributed by atoms with Crippen molar-refractivity contribution in [2.75, 3.05) is 0 Å². The van der Waals surface area contributed by atoms with E-state index >= 15 is 0 Å². The fourth-order valence-corrected chi connectivity index (χ4v) is 19.0. The van der Waals surface area contributed by atoms with Gasteiger partial charge in [-0.25, -0.2) is 4.70 Å². The van der Waals surface area contributed by atoms with Gasteiger partial charge in [-0.1, -0.05) is 339 Å². The molecule has 3 rings (SSSR count). The van der Waals surface area contributed by atoms with E-state index in [9.17, 15) is 5.53 Å². The molecular formula is C108H198N2Ni. The summed E-state index contributed by atoms with van der Waals surface area (Å²) in [6.45, 7) is 23.2. The van der Waals surface area contributed by atoms with E-state index in [1.54, 1.807) is 15.8 Å². The van der Waals surface area contributed by atoms with Crippen LogP contribution < -0.4 is 0 Å². The summed E-state index contributed by atoms with van der Waals surface area (Å²) in [5.74, 6) is 0. The van der Waals surface area contributed by atoms with Crippen LogP contribution in [0.3, 0.4) is 0 Å². The molecule has 2 aromatic rings. The first-order chi connectivity index (χ1) is 54.8. The smallest absolute Gasteiger partial charge is 0.0654 e. The van der Waals surface area contributed by atoms with Crippen LogP contribution in [0.15, 0.2) is 35.4 Å². The third-order valence-corrected chi connectivity index (χ3v) is 26.6. The zero-order valence-electron chi connectivity index (χ0n) is 77.5. The van der Waals surface area contributed by atoms with Crippen LogP contribution in [0.2, 0.25) is 10.8 Å². The minimum atomic E-state index is 1.03. The Morgan fingerprint density at radius 1 is 0.189 bits per heavy atom. The van der Waals surface area contributed by atoms with E-state index in [0.717, 1.165) is 75.6 Å². The van der Waals surface area contributed by atoms with Crippen LogP contribution in [0, 0.1) is 0 Å². The first-order valence-electron chi connectivity index (χ1n) is 51.6. The SMILES string of the molecule is CCCCC1=C(c2cc(CCCC)c(CCCC)c(CCCC)c2)[N+](=[N-])C(c2cc(CCCC)c(CCCC)c(CCCC)c2)=C1CCCC.CCCCCCCCCCCCCCCCCCCCCCCCCCCCC[CH2][Ni][CH2]CCCCCCCCCCCCCCCCCCCCCCCCCCCCC. The van der Waals surface area contributed by atoms with Gasteiger partial charge in [-0.15, -0.1) is 0 Å². The van der Waals surface area contributed by atoms with Gasteiger partial charge in [-0.3, -0.25) is 0 Å². The van der Waals surface area contributed by atoms with Gasteiger partial charge in [-0.05, 0) is 160 Å². The summed E-state index contributed by atoms with van der Waals surface area (Å²) >= 11 is 2.06. The van der Waals surface area contributed by atoms with E-state index in [4.69, 9.17) is 0 Å². The third-order valence-electron chi connectivity index (χ3n) is 25.3. The van der Waals surface area contributed by atoms with E-state index in [2.05, 4.69) is 108 Å². The summed E-state index contributed by atoms with van der Waals surface area (Å²) < 4.78 is 1.69.